The summed E-state index contributed by atoms with van der Waals surface area (Å²) in [6.45, 7) is 0. The zero-order chi connectivity index (χ0) is 26.7. The van der Waals surface area contributed by atoms with Crippen LogP contribution in [-0.4, -0.2) is 23.9 Å². The molecule has 41 heavy (non-hydrogen) atoms. The monoisotopic (exact) mass is 523 g/mol. The van der Waals surface area contributed by atoms with Gasteiger partial charge in [-0.25, -0.2) is 4.98 Å². The van der Waals surface area contributed by atoms with Gasteiger partial charge in [-0.15, -0.1) is 0 Å². The molecule has 0 saturated carbocycles. The van der Waals surface area contributed by atoms with Crippen molar-refractivity contribution in [2.45, 2.75) is 6.42 Å². The van der Waals surface area contributed by atoms with Gasteiger partial charge in [0.25, 0.3) is 0 Å². The lowest BCUT2D eigenvalue weighted by atomic mass is 9.99. The quantitative estimate of drug-likeness (QED) is 0.204. The maximum atomic E-state index is 5.13. The molecule has 0 N–H and O–H groups in total. The zero-order valence-corrected chi connectivity index (χ0v) is 21.9. The lowest BCUT2D eigenvalue weighted by Crippen LogP contribution is -1.97. The average molecular weight is 524 g/mol. The SMILES string of the molecule is c1ccc(-n2c3ccc4c(c3c3ccc5c(c6cnccc6n6c7cnccc7nc56)c32)Cc2ccccc2-4)cc1. The predicted octanol–water partition coefficient (Wildman–Crippen LogP) is 8.25. The van der Waals surface area contributed by atoms with Crippen molar-refractivity contribution in [3.8, 4) is 16.8 Å². The maximum absolute atomic E-state index is 5.13. The van der Waals surface area contributed by atoms with E-state index in [1.54, 1.807) is 0 Å². The fourth-order valence-corrected chi connectivity index (χ4v) is 7.26. The Hall–Kier alpha value is -5.55. The molecule has 9 aromatic rings. The lowest BCUT2D eigenvalue weighted by molar-refractivity contribution is 1.18. The van der Waals surface area contributed by atoms with Gasteiger partial charge in [0, 0.05) is 51.2 Å². The van der Waals surface area contributed by atoms with Gasteiger partial charge < -0.3 is 4.57 Å². The van der Waals surface area contributed by atoms with E-state index in [2.05, 4.69) is 104 Å². The Morgan fingerprint density at radius 1 is 0.585 bits per heavy atom. The van der Waals surface area contributed by atoms with Gasteiger partial charge in [0.1, 0.15) is 5.65 Å². The van der Waals surface area contributed by atoms with Gasteiger partial charge in [-0.3, -0.25) is 14.4 Å². The summed E-state index contributed by atoms with van der Waals surface area (Å²) >= 11 is 0. The first-order valence-corrected chi connectivity index (χ1v) is 13.9. The molecular weight excluding hydrogens is 502 g/mol. The van der Waals surface area contributed by atoms with Crippen molar-refractivity contribution in [3.05, 3.63) is 127 Å². The normalized spacial score (nSPS) is 12.8. The van der Waals surface area contributed by atoms with Crippen LogP contribution >= 0.6 is 0 Å². The number of benzene rings is 4. The summed E-state index contributed by atoms with van der Waals surface area (Å²) in [5.74, 6) is 0. The van der Waals surface area contributed by atoms with Gasteiger partial charge in [0.2, 0.25) is 0 Å². The van der Waals surface area contributed by atoms with Crippen LogP contribution in [0.25, 0.3) is 77.0 Å². The largest absolute Gasteiger partial charge is 0.309 e. The zero-order valence-electron chi connectivity index (χ0n) is 21.9. The molecule has 0 amide bonds. The van der Waals surface area contributed by atoms with Crippen LogP contribution in [0.3, 0.4) is 0 Å². The summed E-state index contributed by atoms with van der Waals surface area (Å²) in [6, 6.07) is 32.8. The van der Waals surface area contributed by atoms with Crippen LogP contribution < -0.4 is 0 Å². The molecule has 0 aliphatic heterocycles. The molecule has 1 aliphatic rings. The molecule has 5 heteroatoms. The molecule has 5 heterocycles. The van der Waals surface area contributed by atoms with Gasteiger partial charge in [-0.05, 0) is 65.1 Å². The fraction of sp³-hybridized carbons (Fsp3) is 0.0278. The summed E-state index contributed by atoms with van der Waals surface area (Å²) in [4.78, 5) is 14.2. The van der Waals surface area contributed by atoms with Crippen LogP contribution in [0.1, 0.15) is 11.1 Å². The summed E-state index contributed by atoms with van der Waals surface area (Å²) in [5.41, 5.74) is 13.0. The molecular formula is C36H21N5. The molecule has 0 spiro atoms. The fourth-order valence-electron chi connectivity index (χ4n) is 7.26. The highest BCUT2D eigenvalue weighted by Crippen LogP contribution is 2.47. The second kappa shape index (κ2) is 7.55. The Kier molecular flexibility index (Phi) is 3.92. The summed E-state index contributed by atoms with van der Waals surface area (Å²) in [6.07, 6.45) is 8.53. The number of fused-ring (bicyclic) bond motifs is 16. The van der Waals surface area contributed by atoms with Crippen LogP contribution in [0.4, 0.5) is 0 Å². The van der Waals surface area contributed by atoms with Crippen molar-refractivity contribution in [3.63, 3.8) is 0 Å². The molecule has 190 valence electrons. The van der Waals surface area contributed by atoms with Gasteiger partial charge in [-0.1, -0.05) is 54.6 Å². The molecule has 0 unspecified atom stereocenters. The third-order valence-electron chi connectivity index (χ3n) is 8.90. The molecule has 5 nitrogen and oxygen atoms in total. The van der Waals surface area contributed by atoms with Crippen LogP contribution in [0.5, 0.6) is 0 Å². The van der Waals surface area contributed by atoms with Gasteiger partial charge in [0.15, 0.2) is 0 Å². The van der Waals surface area contributed by atoms with Crippen molar-refractivity contribution in [2.75, 3.05) is 0 Å². The van der Waals surface area contributed by atoms with Crippen molar-refractivity contribution in [1.82, 2.24) is 23.9 Å². The second-order valence-corrected chi connectivity index (χ2v) is 10.9. The molecule has 0 fully saturated rings. The molecule has 0 radical (unpaired) electrons. The Bertz CT molecular complexity index is 2550. The standard InChI is InChI=1S/C36H21N5/c1-2-7-22(8-3-1)40-31-13-12-24-23-9-5-4-6-21(23)18-27(24)33(31)25-10-11-26-34(35(25)40)28-19-37-17-15-30(28)41-32-20-38-16-14-29(32)39-36(26)41/h1-17,19-20H,18H2. The van der Waals surface area contributed by atoms with Gasteiger partial charge in [0.05, 0.1) is 33.8 Å². The van der Waals surface area contributed by atoms with Crippen LogP contribution in [0.15, 0.2) is 116 Å². The lowest BCUT2D eigenvalue weighted by Gasteiger charge is -2.13. The topological polar surface area (TPSA) is 48.0 Å². The molecule has 0 atom stereocenters. The molecule has 5 aromatic heterocycles. The van der Waals surface area contributed by atoms with E-state index in [1.165, 1.54) is 49.4 Å². The van der Waals surface area contributed by atoms with Crippen molar-refractivity contribution >= 4 is 60.2 Å². The van der Waals surface area contributed by atoms with E-state index in [1.807, 2.05) is 30.9 Å². The minimum atomic E-state index is 0.935. The third-order valence-corrected chi connectivity index (χ3v) is 8.90. The highest BCUT2D eigenvalue weighted by atomic mass is 15.0. The van der Waals surface area contributed by atoms with E-state index in [4.69, 9.17) is 4.98 Å². The highest BCUT2D eigenvalue weighted by Gasteiger charge is 2.26. The number of rotatable bonds is 1. The smallest absolute Gasteiger partial charge is 0.146 e. The van der Waals surface area contributed by atoms with Crippen LogP contribution in [0, 0.1) is 0 Å². The number of nitrogens with zero attached hydrogens (tertiary/aromatic N) is 5. The molecule has 0 saturated heterocycles. The van der Waals surface area contributed by atoms with Crippen LogP contribution in [-0.2, 0) is 6.42 Å². The van der Waals surface area contributed by atoms with E-state index >= 15 is 0 Å². The number of pyridine rings is 3. The van der Waals surface area contributed by atoms with Crippen molar-refractivity contribution in [1.29, 1.82) is 0 Å². The van der Waals surface area contributed by atoms with Crippen LogP contribution in [0.2, 0.25) is 0 Å². The highest BCUT2D eigenvalue weighted by molar-refractivity contribution is 6.28. The first-order valence-electron chi connectivity index (χ1n) is 13.9. The van der Waals surface area contributed by atoms with E-state index < -0.39 is 0 Å². The Morgan fingerprint density at radius 3 is 2.37 bits per heavy atom. The predicted molar refractivity (Wildman–Crippen MR) is 166 cm³/mol. The van der Waals surface area contributed by atoms with Gasteiger partial charge >= 0.3 is 0 Å². The van der Waals surface area contributed by atoms with Crippen molar-refractivity contribution < 1.29 is 0 Å². The number of imidazole rings is 1. The van der Waals surface area contributed by atoms with E-state index in [0.29, 0.717) is 0 Å². The minimum Gasteiger partial charge on any atom is -0.309 e. The summed E-state index contributed by atoms with van der Waals surface area (Å²) < 4.78 is 4.68. The van der Waals surface area contributed by atoms with Crippen molar-refractivity contribution in [2.24, 2.45) is 0 Å². The van der Waals surface area contributed by atoms with E-state index in [0.717, 1.165) is 45.1 Å². The first kappa shape index (κ1) is 21.3. The first-order chi connectivity index (χ1) is 20.4. The number of hydrogen-bond acceptors (Lipinski definition) is 3. The molecule has 0 bridgehead atoms. The number of para-hydroxylation sites is 1. The molecule has 4 aromatic carbocycles. The van der Waals surface area contributed by atoms with E-state index in [-0.39, 0.29) is 0 Å². The summed E-state index contributed by atoms with van der Waals surface area (Å²) in [7, 11) is 0. The van der Waals surface area contributed by atoms with Gasteiger partial charge in [-0.2, -0.15) is 0 Å². The molecule has 10 rings (SSSR count). The maximum Gasteiger partial charge on any atom is 0.146 e. The Labute approximate surface area is 234 Å². The molecule has 1 aliphatic carbocycles. The number of hydrogen-bond donors (Lipinski definition) is 0. The Balaban J connectivity index is 1.49. The summed E-state index contributed by atoms with van der Waals surface area (Å²) in [5, 5.41) is 5.96. The Morgan fingerprint density at radius 2 is 1.41 bits per heavy atom. The third kappa shape index (κ3) is 2.63. The minimum absolute atomic E-state index is 0.935. The number of aromatic nitrogens is 5. The second-order valence-electron chi connectivity index (χ2n) is 10.9. The van der Waals surface area contributed by atoms with E-state index in [9.17, 15) is 0 Å². The average Bonchev–Trinajstić information content (AvgIpc) is 3.71.